The van der Waals surface area contributed by atoms with Gasteiger partial charge in [0.15, 0.2) is 0 Å². The zero-order valence-electron chi connectivity index (χ0n) is 16.9. The van der Waals surface area contributed by atoms with Gasteiger partial charge in [-0.1, -0.05) is 11.6 Å². The van der Waals surface area contributed by atoms with Gasteiger partial charge in [0.1, 0.15) is 5.82 Å². The number of aryl methyl sites for hydroxylation is 1. The highest BCUT2D eigenvalue weighted by Gasteiger charge is 2.23. The molecule has 0 N–H and O–H groups in total. The average molecular weight is 425 g/mol. The predicted molar refractivity (Wildman–Crippen MR) is 116 cm³/mol. The molecule has 0 atom stereocenters. The molecule has 3 aromatic rings. The summed E-state index contributed by atoms with van der Waals surface area (Å²) in [5.41, 5.74) is 4.61. The summed E-state index contributed by atoms with van der Waals surface area (Å²) in [5.74, 6) is -0.350. The Balaban J connectivity index is 1.56. The van der Waals surface area contributed by atoms with Crippen LogP contribution in [0.4, 0.5) is 10.1 Å². The van der Waals surface area contributed by atoms with Crippen molar-refractivity contribution in [1.29, 1.82) is 0 Å². The molecule has 0 bridgehead atoms. The number of amides is 1. The fraction of sp³-hybridized carbons (Fsp3) is 0.261. The van der Waals surface area contributed by atoms with E-state index in [-0.39, 0.29) is 11.7 Å². The molecular weight excluding hydrogens is 403 g/mol. The second-order valence-corrected chi connectivity index (χ2v) is 8.01. The van der Waals surface area contributed by atoms with Crippen molar-refractivity contribution in [3.8, 4) is 11.1 Å². The predicted octanol–water partition coefficient (Wildman–Crippen LogP) is 4.48. The number of aromatic nitrogens is 2. The van der Waals surface area contributed by atoms with Crippen molar-refractivity contribution in [1.82, 2.24) is 14.9 Å². The highest BCUT2D eigenvalue weighted by atomic mass is 35.5. The summed E-state index contributed by atoms with van der Waals surface area (Å²) < 4.78 is 14.9. The third-order valence-corrected chi connectivity index (χ3v) is 5.67. The van der Waals surface area contributed by atoms with Gasteiger partial charge < -0.3 is 4.90 Å². The van der Waals surface area contributed by atoms with Crippen molar-refractivity contribution in [2.45, 2.75) is 25.9 Å². The molecule has 2 aromatic heterocycles. The summed E-state index contributed by atoms with van der Waals surface area (Å²) in [7, 11) is 3.66. The number of carbonyl (C=O) groups is 1. The average Bonchev–Trinajstić information content (AvgIpc) is 2.73. The van der Waals surface area contributed by atoms with E-state index in [1.54, 1.807) is 31.7 Å². The Morgan fingerprint density at radius 3 is 2.83 bits per heavy atom. The van der Waals surface area contributed by atoms with E-state index in [9.17, 15) is 9.18 Å². The highest BCUT2D eigenvalue weighted by Crippen LogP contribution is 2.33. The van der Waals surface area contributed by atoms with Crippen molar-refractivity contribution < 1.29 is 9.18 Å². The van der Waals surface area contributed by atoms with Crippen LogP contribution in [0.15, 0.2) is 48.9 Å². The van der Waals surface area contributed by atoms with Crippen LogP contribution in [0.5, 0.6) is 0 Å². The monoisotopic (exact) mass is 424 g/mol. The summed E-state index contributed by atoms with van der Waals surface area (Å²) >= 11 is 6.20. The Labute approximate surface area is 180 Å². The van der Waals surface area contributed by atoms with Crippen LogP contribution in [0, 0.1) is 5.82 Å². The SMILES string of the molecule is CN(Cc1cncc(-c2cc3c(cc2F)N(C)C(=O)CC3)c1)Cc1ncccc1Cl. The number of hydrogen-bond donors (Lipinski definition) is 0. The fourth-order valence-corrected chi connectivity index (χ4v) is 3.95. The molecular formula is C23H22ClFN4O. The number of anilines is 1. The van der Waals surface area contributed by atoms with E-state index in [0.29, 0.717) is 42.2 Å². The maximum Gasteiger partial charge on any atom is 0.227 e. The van der Waals surface area contributed by atoms with Crippen LogP contribution >= 0.6 is 11.6 Å². The van der Waals surface area contributed by atoms with E-state index in [2.05, 4.69) is 14.9 Å². The van der Waals surface area contributed by atoms with Crippen molar-refractivity contribution in [2.24, 2.45) is 0 Å². The lowest BCUT2D eigenvalue weighted by atomic mass is 9.95. The fourth-order valence-electron chi connectivity index (χ4n) is 3.76. The van der Waals surface area contributed by atoms with Gasteiger partial charge in [-0.3, -0.25) is 19.7 Å². The maximum atomic E-state index is 14.9. The van der Waals surface area contributed by atoms with Crippen LogP contribution in [0.2, 0.25) is 5.02 Å². The first-order valence-electron chi connectivity index (χ1n) is 9.73. The molecule has 0 fully saturated rings. The van der Waals surface area contributed by atoms with Gasteiger partial charge in [-0.25, -0.2) is 4.39 Å². The van der Waals surface area contributed by atoms with Gasteiger partial charge in [-0.15, -0.1) is 0 Å². The molecule has 154 valence electrons. The number of hydrogen-bond acceptors (Lipinski definition) is 4. The van der Waals surface area contributed by atoms with Crippen LogP contribution < -0.4 is 4.90 Å². The number of halogens is 2. The van der Waals surface area contributed by atoms with Crippen LogP contribution in [-0.4, -0.2) is 34.9 Å². The first-order chi connectivity index (χ1) is 14.4. The molecule has 0 radical (unpaired) electrons. The van der Waals surface area contributed by atoms with Crippen LogP contribution in [-0.2, 0) is 24.3 Å². The molecule has 0 saturated heterocycles. The molecule has 3 heterocycles. The molecule has 30 heavy (non-hydrogen) atoms. The van der Waals surface area contributed by atoms with Crippen molar-refractivity contribution in [3.63, 3.8) is 0 Å². The number of rotatable bonds is 5. The van der Waals surface area contributed by atoms with Crippen LogP contribution in [0.25, 0.3) is 11.1 Å². The molecule has 0 saturated carbocycles. The number of carbonyl (C=O) groups excluding carboxylic acids is 1. The lowest BCUT2D eigenvalue weighted by Gasteiger charge is -2.26. The summed E-state index contributed by atoms with van der Waals surface area (Å²) in [6.45, 7) is 1.22. The molecule has 7 heteroatoms. The summed E-state index contributed by atoms with van der Waals surface area (Å²) in [6.07, 6.45) is 6.23. The molecule has 0 unspecified atom stereocenters. The number of pyridine rings is 2. The minimum Gasteiger partial charge on any atom is -0.315 e. The second-order valence-electron chi connectivity index (χ2n) is 7.60. The third kappa shape index (κ3) is 4.20. The van der Waals surface area contributed by atoms with E-state index < -0.39 is 0 Å². The first kappa shape index (κ1) is 20.4. The number of fused-ring (bicyclic) bond motifs is 1. The quantitative estimate of drug-likeness (QED) is 0.606. The van der Waals surface area contributed by atoms with Gasteiger partial charge in [0.25, 0.3) is 0 Å². The van der Waals surface area contributed by atoms with E-state index in [0.717, 1.165) is 22.4 Å². The van der Waals surface area contributed by atoms with E-state index in [1.165, 1.54) is 11.0 Å². The highest BCUT2D eigenvalue weighted by molar-refractivity contribution is 6.31. The molecule has 5 nitrogen and oxygen atoms in total. The molecule has 1 amide bonds. The minimum absolute atomic E-state index is 0.00867. The summed E-state index contributed by atoms with van der Waals surface area (Å²) in [4.78, 5) is 24.1. The molecule has 1 aromatic carbocycles. The summed E-state index contributed by atoms with van der Waals surface area (Å²) in [5, 5.41) is 0.635. The smallest absolute Gasteiger partial charge is 0.227 e. The van der Waals surface area contributed by atoms with E-state index in [4.69, 9.17) is 11.6 Å². The number of benzene rings is 1. The molecule has 0 aliphatic carbocycles. The first-order valence-corrected chi connectivity index (χ1v) is 10.1. The Hall–Kier alpha value is -2.83. The van der Waals surface area contributed by atoms with Crippen LogP contribution in [0.3, 0.4) is 0 Å². The van der Waals surface area contributed by atoms with Gasteiger partial charge in [-0.2, -0.15) is 0 Å². The Morgan fingerprint density at radius 1 is 1.20 bits per heavy atom. The van der Waals surface area contributed by atoms with Gasteiger partial charge >= 0.3 is 0 Å². The molecule has 0 spiro atoms. The van der Waals surface area contributed by atoms with Crippen molar-refractivity contribution in [3.05, 3.63) is 76.6 Å². The van der Waals surface area contributed by atoms with Gasteiger partial charge in [0.2, 0.25) is 5.91 Å². The minimum atomic E-state index is -0.358. The molecule has 1 aliphatic rings. The van der Waals surface area contributed by atoms with E-state index in [1.807, 2.05) is 25.2 Å². The van der Waals surface area contributed by atoms with E-state index >= 15 is 0 Å². The Morgan fingerprint density at radius 2 is 2.03 bits per heavy atom. The second kappa shape index (κ2) is 8.50. The number of nitrogens with zero attached hydrogens (tertiary/aromatic N) is 4. The largest absolute Gasteiger partial charge is 0.315 e. The van der Waals surface area contributed by atoms with Gasteiger partial charge in [-0.05, 0) is 54.9 Å². The summed E-state index contributed by atoms with van der Waals surface area (Å²) in [6, 6.07) is 8.87. The Kier molecular flexibility index (Phi) is 5.79. The maximum absolute atomic E-state index is 14.9. The van der Waals surface area contributed by atoms with Crippen LogP contribution in [0.1, 0.15) is 23.2 Å². The van der Waals surface area contributed by atoms with Gasteiger partial charge in [0.05, 0.1) is 10.7 Å². The molecule has 1 aliphatic heterocycles. The topological polar surface area (TPSA) is 49.3 Å². The van der Waals surface area contributed by atoms with Gasteiger partial charge in [0, 0.05) is 62.0 Å². The Bertz CT molecular complexity index is 1100. The lowest BCUT2D eigenvalue weighted by molar-refractivity contribution is -0.118. The normalized spacial score (nSPS) is 13.6. The lowest BCUT2D eigenvalue weighted by Crippen LogP contribution is -2.31. The van der Waals surface area contributed by atoms with Crippen molar-refractivity contribution in [2.75, 3.05) is 19.0 Å². The molecule has 4 rings (SSSR count). The third-order valence-electron chi connectivity index (χ3n) is 5.32. The zero-order chi connectivity index (χ0) is 21.3. The zero-order valence-corrected chi connectivity index (χ0v) is 17.7. The standard InChI is InChI=1S/C23H22ClFN4O/c1-28(14-21-19(24)4-3-7-27-21)13-15-8-17(12-26-11-15)18-9-16-5-6-23(30)29(2)22(16)10-20(18)25/h3-4,7-12H,5-6,13-14H2,1-2H3. The van der Waals surface area contributed by atoms with Crippen molar-refractivity contribution >= 4 is 23.2 Å².